The van der Waals surface area contributed by atoms with Gasteiger partial charge in [0.2, 0.25) is 5.78 Å². The smallest absolute Gasteiger partial charge is 0.374 e. The number of rotatable bonds is 15. The Bertz CT molecular complexity index is 816. The van der Waals surface area contributed by atoms with Crippen LogP contribution < -0.4 is 0 Å². The number of allylic oxidation sites excluding steroid dienone is 4. The molecule has 7 heteroatoms. The lowest BCUT2D eigenvalue weighted by molar-refractivity contribution is -0.192. The predicted octanol–water partition coefficient (Wildman–Crippen LogP) is 6.61. The molecule has 0 aromatic rings. The Labute approximate surface area is 235 Å². The summed E-state index contributed by atoms with van der Waals surface area (Å²) in [5, 5.41) is 0. The molecule has 2 aliphatic heterocycles. The molecule has 3 fully saturated rings. The molecule has 0 N–H and O–H groups in total. The van der Waals surface area contributed by atoms with Crippen LogP contribution in [0, 0.1) is 11.8 Å². The van der Waals surface area contributed by atoms with Gasteiger partial charge >= 0.3 is 5.97 Å². The lowest BCUT2D eigenvalue weighted by Crippen LogP contribution is -2.31. The van der Waals surface area contributed by atoms with Crippen molar-refractivity contribution in [2.45, 2.75) is 122 Å². The number of methoxy groups -OCH3 is 1. The molecule has 0 bridgehead atoms. The Kier molecular flexibility index (Phi) is 14.5. The Balaban J connectivity index is 1.64. The van der Waals surface area contributed by atoms with Crippen molar-refractivity contribution in [3.8, 4) is 0 Å². The third-order valence-electron chi connectivity index (χ3n) is 7.83. The van der Waals surface area contributed by atoms with Crippen LogP contribution in [0.3, 0.4) is 0 Å². The maximum absolute atomic E-state index is 11.7. The molecule has 220 valence electrons. The topological polar surface area (TPSA) is 80.3 Å². The van der Waals surface area contributed by atoms with Gasteiger partial charge in [0, 0.05) is 25.6 Å². The normalized spacial score (nSPS) is 28.5. The van der Waals surface area contributed by atoms with E-state index in [0.29, 0.717) is 12.3 Å². The molecule has 2 heterocycles. The van der Waals surface area contributed by atoms with Gasteiger partial charge in [-0.15, -0.1) is 0 Å². The molecule has 3 rings (SSSR count). The molecule has 0 aromatic heterocycles. The molecule has 3 aliphatic rings. The Morgan fingerprint density at radius 1 is 0.923 bits per heavy atom. The largest absolute Gasteiger partial charge is 0.463 e. The van der Waals surface area contributed by atoms with Gasteiger partial charge in [-0.1, -0.05) is 36.0 Å². The first kappa shape index (κ1) is 31.7. The van der Waals surface area contributed by atoms with E-state index in [1.54, 1.807) is 0 Å². The van der Waals surface area contributed by atoms with E-state index in [1.807, 2.05) is 6.08 Å². The van der Waals surface area contributed by atoms with Gasteiger partial charge < -0.3 is 23.7 Å². The van der Waals surface area contributed by atoms with Crippen LogP contribution in [0.15, 0.2) is 36.0 Å². The second kappa shape index (κ2) is 17.8. The lowest BCUT2D eigenvalue weighted by atomic mass is 9.90. The number of hydrogen-bond acceptors (Lipinski definition) is 7. The van der Waals surface area contributed by atoms with Crippen molar-refractivity contribution in [2.24, 2.45) is 11.8 Å². The highest BCUT2D eigenvalue weighted by molar-refractivity contribution is 6.33. The minimum Gasteiger partial charge on any atom is -0.463 e. The standard InChI is InChI=1S/C32H50O7/c1-24(2)12-11-14-26(38-30-16-7-9-22-36-30)19-20-27-25(13-5-4-6-15-28(33)32(34)35-3)18-21-29(27)39-31-17-8-10-23-37-31/h4-5,12,19-20,25-27,29-31H,6-11,13-18,21-23H2,1-3H3/t25-,26?,27+,29?,30?,31?/m0/s1. The highest BCUT2D eigenvalue weighted by atomic mass is 16.7. The van der Waals surface area contributed by atoms with Crippen molar-refractivity contribution < 1.29 is 33.3 Å². The number of esters is 1. The average molecular weight is 547 g/mol. The zero-order chi connectivity index (χ0) is 27.9. The molecule has 39 heavy (non-hydrogen) atoms. The first-order valence-electron chi connectivity index (χ1n) is 15.1. The van der Waals surface area contributed by atoms with Crippen LogP contribution in [0.2, 0.25) is 0 Å². The maximum atomic E-state index is 11.7. The fraction of sp³-hybridized carbons (Fsp3) is 0.750. The van der Waals surface area contributed by atoms with Crippen molar-refractivity contribution in [1.29, 1.82) is 0 Å². The maximum Gasteiger partial charge on any atom is 0.374 e. The SMILES string of the molecule is COC(=O)C(=O)CCC=CC[C@H]1CCC(OC2CCCCO2)[C@@H]1C=CC(CCC=C(C)C)OC1CCCCO1. The molecule has 0 spiro atoms. The highest BCUT2D eigenvalue weighted by Crippen LogP contribution is 2.39. The highest BCUT2D eigenvalue weighted by Gasteiger charge is 2.36. The van der Waals surface area contributed by atoms with Crippen molar-refractivity contribution in [3.63, 3.8) is 0 Å². The molecule has 1 saturated carbocycles. The van der Waals surface area contributed by atoms with Gasteiger partial charge in [0.1, 0.15) is 0 Å². The Morgan fingerprint density at radius 2 is 1.67 bits per heavy atom. The van der Waals surface area contributed by atoms with Crippen molar-refractivity contribution >= 4 is 11.8 Å². The Hall–Kier alpha value is -1.80. The molecule has 6 atom stereocenters. The number of carbonyl (C=O) groups excluding carboxylic acids is 2. The van der Waals surface area contributed by atoms with Crippen LogP contribution in [-0.4, -0.2) is 56.9 Å². The minimum atomic E-state index is -0.769. The molecule has 1 aliphatic carbocycles. The molecule has 0 aromatic carbocycles. The molecular formula is C32H50O7. The third kappa shape index (κ3) is 11.7. The number of hydrogen-bond donors (Lipinski definition) is 0. The fourth-order valence-corrected chi connectivity index (χ4v) is 5.63. The first-order chi connectivity index (χ1) is 19.0. The summed E-state index contributed by atoms with van der Waals surface area (Å²) in [5.74, 6) is -0.550. The minimum absolute atomic E-state index is 0.00333. The van der Waals surface area contributed by atoms with Gasteiger partial charge in [-0.25, -0.2) is 4.79 Å². The zero-order valence-electron chi connectivity index (χ0n) is 24.3. The second-order valence-electron chi connectivity index (χ2n) is 11.3. The number of ketones is 1. The van der Waals surface area contributed by atoms with E-state index in [1.165, 1.54) is 12.7 Å². The van der Waals surface area contributed by atoms with Gasteiger partial charge in [-0.2, -0.15) is 0 Å². The summed E-state index contributed by atoms with van der Waals surface area (Å²) in [4.78, 5) is 23.0. The van der Waals surface area contributed by atoms with Crippen LogP contribution in [0.4, 0.5) is 0 Å². The van der Waals surface area contributed by atoms with Gasteiger partial charge in [-0.3, -0.25) is 4.79 Å². The fourth-order valence-electron chi connectivity index (χ4n) is 5.63. The third-order valence-corrected chi connectivity index (χ3v) is 7.83. The van der Waals surface area contributed by atoms with E-state index in [2.05, 4.69) is 42.9 Å². The van der Waals surface area contributed by atoms with Crippen LogP contribution in [0.1, 0.15) is 97.3 Å². The zero-order valence-corrected chi connectivity index (χ0v) is 24.3. The molecule has 2 saturated heterocycles. The molecule has 4 unspecified atom stereocenters. The van der Waals surface area contributed by atoms with Gasteiger partial charge in [0.05, 0.1) is 19.3 Å². The first-order valence-corrected chi connectivity index (χ1v) is 15.1. The van der Waals surface area contributed by atoms with Gasteiger partial charge in [0.25, 0.3) is 0 Å². The van der Waals surface area contributed by atoms with E-state index >= 15 is 0 Å². The van der Waals surface area contributed by atoms with Crippen LogP contribution >= 0.6 is 0 Å². The second-order valence-corrected chi connectivity index (χ2v) is 11.3. The van der Waals surface area contributed by atoms with Crippen LogP contribution in [-0.2, 0) is 33.3 Å². The quantitative estimate of drug-likeness (QED) is 0.130. The van der Waals surface area contributed by atoms with Crippen LogP contribution in [0.25, 0.3) is 0 Å². The number of carbonyl (C=O) groups is 2. The van der Waals surface area contributed by atoms with Gasteiger partial charge in [-0.05, 0) is 96.8 Å². The Morgan fingerprint density at radius 3 is 2.33 bits per heavy atom. The summed E-state index contributed by atoms with van der Waals surface area (Å²) < 4.78 is 29.3. The summed E-state index contributed by atoms with van der Waals surface area (Å²) in [6.45, 7) is 5.81. The van der Waals surface area contributed by atoms with Crippen molar-refractivity contribution in [1.82, 2.24) is 0 Å². The molecule has 7 nitrogen and oxygen atoms in total. The van der Waals surface area contributed by atoms with Gasteiger partial charge in [0.15, 0.2) is 12.6 Å². The summed E-state index contributed by atoms with van der Waals surface area (Å²) in [7, 11) is 1.24. The summed E-state index contributed by atoms with van der Waals surface area (Å²) in [6, 6.07) is 0. The van der Waals surface area contributed by atoms with E-state index in [9.17, 15) is 9.59 Å². The van der Waals surface area contributed by atoms with E-state index in [0.717, 1.165) is 83.8 Å². The summed E-state index contributed by atoms with van der Waals surface area (Å²) in [5.41, 5.74) is 1.32. The molecule has 0 radical (unpaired) electrons. The lowest BCUT2D eigenvalue weighted by Gasteiger charge is -2.30. The average Bonchev–Trinajstić information content (AvgIpc) is 3.32. The number of Topliss-reactive ketones (excluding diaryl/α,β-unsaturated/α-hetero) is 1. The van der Waals surface area contributed by atoms with Crippen molar-refractivity contribution in [2.75, 3.05) is 20.3 Å². The van der Waals surface area contributed by atoms with Crippen molar-refractivity contribution in [3.05, 3.63) is 36.0 Å². The van der Waals surface area contributed by atoms with E-state index < -0.39 is 11.8 Å². The van der Waals surface area contributed by atoms with E-state index in [4.69, 9.17) is 18.9 Å². The molecular weight excluding hydrogens is 496 g/mol. The monoisotopic (exact) mass is 546 g/mol. The molecule has 0 amide bonds. The summed E-state index contributed by atoms with van der Waals surface area (Å²) in [6.07, 6.45) is 22.9. The predicted molar refractivity (Wildman–Crippen MR) is 151 cm³/mol. The summed E-state index contributed by atoms with van der Waals surface area (Å²) >= 11 is 0. The van der Waals surface area contributed by atoms with E-state index in [-0.39, 0.29) is 37.1 Å². The van der Waals surface area contributed by atoms with Crippen LogP contribution in [0.5, 0.6) is 0 Å². The number of ether oxygens (including phenoxy) is 5.